The van der Waals surface area contributed by atoms with Gasteiger partial charge in [0.05, 0.1) is 0 Å². The van der Waals surface area contributed by atoms with E-state index in [1.54, 1.807) is 0 Å². The molecule has 2 heterocycles. The Morgan fingerprint density at radius 2 is 1.81 bits per heavy atom. The molecule has 0 radical (unpaired) electrons. The third-order valence-corrected chi connectivity index (χ3v) is 7.99. The minimum Gasteiger partial charge on any atom is -0.352 e. The van der Waals surface area contributed by atoms with Crippen LogP contribution in [0.25, 0.3) is 26.4 Å². The second kappa shape index (κ2) is 5.02. The summed E-state index contributed by atoms with van der Waals surface area (Å²) in [6, 6.07) is 13.4. The largest absolute Gasteiger partial charge is 0.352 e. The highest BCUT2D eigenvalue weighted by molar-refractivity contribution is 7.20. The SMILES string of the molecule is C=C1C2C=C3Cc4c(sc5cc6ccccc6cc45)C3=C(C)C2C(=C)N1C. The van der Waals surface area contributed by atoms with Gasteiger partial charge in [-0.1, -0.05) is 49.1 Å². The van der Waals surface area contributed by atoms with Crippen LogP contribution in [-0.2, 0) is 6.42 Å². The second-order valence-electron chi connectivity index (χ2n) is 8.08. The Hall–Kier alpha value is -2.58. The van der Waals surface area contributed by atoms with E-state index >= 15 is 0 Å². The summed E-state index contributed by atoms with van der Waals surface area (Å²) in [6.07, 6.45) is 3.52. The lowest BCUT2D eigenvalue weighted by atomic mass is 9.77. The number of likely N-dealkylation sites (tertiary alicyclic amines) is 1. The van der Waals surface area contributed by atoms with Crippen LogP contribution in [-0.4, -0.2) is 11.9 Å². The Morgan fingerprint density at radius 1 is 1.07 bits per heavy atom. The first-order valence-electron chi connectivity index (χ1n) is 9.52. The number of nitrogens with zero attached hydrogens (tertiary/aromatic N) is 1. The summed E-state index contributed by atoms with van der Waals surface area (Å²) in [6.45, 7) is 11.0. The fourth-order valence-corrected chi connectivity index (χ4v) is 6.71. The monoisotopic (exact) mass is 367 g/mol. The Kier molecular flexibility index (Phi) is 2.88. The van der Waals surface area contributed by atoms with E-state index in [1.807, 2.05) is 11.3 Å². The lowest BCUT2D eigenvalue weighted by Crippen LogP contribution is -2.15. The number of thiophene rings is 1. The van der Waals surface area contributed by atoms with E-state index in [-0.39, 0.29) is 0 Å². The zero-order chi connectivity index (χ0) is 18.4. The molecule has 0 amide bonds. The molecular weight excluding hydrogens is 346 g/mol. The van der Waals surface area contributed by atoms with Gasteiger partial charge >= 0.3 is 0 Å². The van der Waals surface area contributed by atoms with Gasteiger partial charge in [0.25, 0.3) is 0 Å². The first-order valence-corrected chi connectivity index (χ1v) is 10.3. The molecule has 0 saturated carbocycles. The summed E-state index contributed by atoms with van der Waals surface area (Å²) >= 11 is 1.96. The van der Waals surface area contributed by atoms with Gasteiger partial charge in [0.2, 0.25) is 0 Å². The number of rotatable bonds is 0. The van der Waals surface area contributed by atoms with Crippen LogP contribution in [0.2, 0.25) is 0 Å². The summed E-state index contributed by atoms with van der Waals surface area (Å²) in [5, 5.41) is 4.10. The highest BCUT2D eigenvalue weighted by Gasteiger charge is 2.43. The van der Waals surface area contributed by atoms with Crippen LogP contribution in [0.15, 0.2) is 78.2 Å². The summed E-state index contributed by atoms with van der Waals surface area (Å²) in [5.74, 6) is 0.749. The van der Waals surface area contributed by atoms with E-state index in [1.165, 1.54) is 59.4 Å². The topological polar surface area (TPSA) is 3.24 Å². The zero-order valence-corrected chi connectivity index (χ0v) is 16.5. The zero-order valence-electron chi connectivity index (χ0n) is 15.7. The van der Waals surface area contributed by atoms with Crippen molar-refractivity contribution in [3.8, 4) is 0 Å². The molecule has 3 aromatic rings. The minimum absolute atomic E-state index is 0.372. The summed E-state index contributed by atoms with van der Waals surface area (Å²) in [7, 11) is 2.10. The van der Waals surface area contributed by atoms with Gasteiger partial charge in [-0.25, -0.2) is 0 Å². The van der Waals surface area contributed by atoms with Crippen molar-refractivity contribution in [3.63, 3.8) is 0 Å². The Morgan fingerprint density at radius 3 is 2.59 bits per heavy atom. The lowest BCUT2D eigenvalue weighted by Gasteiger charge is -2.25. The second-order valence-corrected chi connectivity index (χ2v) is 9.13. The molecule has 0 bridgehead atoms. The third-order valence-electron chi connectivity index (χ3n) is 6.78. The van der Waals surface area contributed by atoms with Gasteiger partial charge in [-0.05, 0) is 58.3 Å². The average Bonchev–Trinajstić information content (AvgIpc) is 3.25. The Balaban J connectivity index is 1.61. The molecule has 1 nitrogen and oxygen atoms in total. The predicted octanol–water partition coefficient (Wildman–Crippen LogP) is 6.53. The first kappa shape index (κ1) is 15.5. The summed E-state index contributed by atoms with van der Waals surface area (Å²) in [5.41, 5.74) is 8.34. The van der Waals surface area contributed by atoms with Crippen LogP contribution in [0.3, 0.4) is 0 Å². The molecular formula is C25H21NS. The molecule has 2 aliphatic carbocycles. The van der Waals surface area contributed by atoms with Crippen LogP contribution >= 0.6 is 11.3 Å². The fraction of sp³-hybridized carbons (Fsp3) is 0.200. The molecule has 1 aromatic heterocycles. The molecule has 2 heteroatoms. The standard InChI is InChI=1S/C25H21NS/c1-13-23-15(3)26(4)14(2)19(23)10-18-11-21-20-9-16-7-5-6-8-17(16)12-22(20)27-25(21)24(13)18/h5-10,12,19,23H,2-3,11H2,1,4H3. The average molecular weight is 368 g/mol. The normalized spacial score (nSPS) is 23.9. The molecule has 0 spiro atoms. The molecule has 27 heavy (non-hydrogen) atoms. The van der Waals surface area contributed by atoms with Crippen molar-refractivity contribution in [2.45, 2.75) is 13.3 Å². The molecule has 1 aliphatic heterocycles. The molecule has 2 unspecified atom stereocenters. The predicted molar refractivity (Wildman–Crippen MR) is 117 cm³/mol. The molecule has 132 valence electrons. The maximum Gasteiger partial charge on any atom is 0.0393 e. The van der Waals surface area contributed by atoms with Crippen molar-refractivity contribution >= 4 is 37.8 Å². The van der Waals surface area contributed by atoms with Crippen molar-refractivity contribution in [1.29, 1.82) is 0 Å². The molecule has 6 rings (SSSR count). The number of hydrogen-bond acceptors (Lipinski definition) is 2. The van der Waals surface area contributed by atoms with Crippen molar-refractivity contribution in [1.82, 2.24) is 4.90 Å². The van der Waals surface area contributed by atoms with Crippen LogP contribution in [0, 0.1) is 11.8 Å². The molecule has 2 aromatic carbocycles. The molecule has 1 saturated heterocycles. The van der Waals surface area contributed by atoms with Gasteiger partial charge in [0, 0.05) is 39.9 Å². The third kappa shape index (κ3) is 1.84. The quantitative estimate of drug-likeness (QED) is 0.437. The summed E-state index contributed by atoms with van der Waals surface area (Å²) in [4.78, 5) is 3.67. The van der Waals surface area contributed by atoms with Crippen LogP contribution < -0.4 is 0 Å². The van der Waals surface area contributed by atoms with E-state index in [0.717, 1.165) is 6.42 Å². The van der Waals surface area contributed by atoms with E-state index in [0.29, 0.717) is 11.8 Å². The van der Waals surface area contributed by atoms with Crippen LogP contribution in [0.5, 0.6) is 0 Å². The maximum atomic E-state index is 4.38. The van der Waals surface area contributed by atoms with E-state index in [4.69, 9.17) is 0 Å². The van der Waals surface area contributed by atoms with Gasteiger partial charge < -0.3 is 4.90 Å². The number of hydrogen-bond donors (Lipinski definition) is 0. The van der Waals surface area contributed by atoms with Gasteiger partial charge in [-0.15, -0.1) is 11.3 Å². The lowest BCUT2D eigenvalue weighted by molar-refractivity contribution is 0.550. The smallest absolute Gasteiger partial charge is 0.0393 e. The summed E-state index contributed by atoms with van der Waals surface area (Å²) < 4.78 is 1.41. The molecule has 1 fully saturated rings. The number of allylic oxidation sites excluding steroid dienone is 4. The molecule has 2 atom stereocenters. The van der Waals surface area contributed by atoms with Gasteiger partial charge in [0.1, 0.15) is 0 Å². The first-order chi connectivity index (χ1) is 13.0. The van der Waals surface area contributed by atoms with E-state index < -0.39 is 0 Å². The highest BCUT2D eigenvalue weighted by atomic mass is 32.1. The van der Waals surface area contributed by atoms with Gasteiger partial charge in [-0.2, -0.15) is 0 Å². The van der Waals surface area contributed by atoms with Crippen molar-refractivity contribution < 1.29 is 0 Å². The van der Waals surface area contributed by atoms with E-state index in [2.05, 4.69) is 74.5 Å². The van der Waals surface area contributed by atoms with Gasteiger partial charge in [0.15, 0.2) is 0 Å². The fourth-order valence-electron chi connectivity index (χ4n) is 5.31. The number of fused-ring (bicyclic) bond motifs is 7. The Labute approximate surface area is 163 Å². The Bertz CT molecular complexity index is 1270. The highest BCUT2D eigenvalue weighted by Crippen LogP contribution is 2.56. The van der Waals surface area contributed by atoms with Crippen molar-refractivity contribution in [2.75, 3.05) is 7.05 Å². The van der Waals surface area contributed by atoms with Crippen LogP contribution in [0.1, 0.15) is 17.4 Å². The molecule has 0 N–H and O–H groups in total. The van der Waals surface area contributed by atoms with Crippen molar-refractivity contribution in [3.05, 3.63) is 88.6 Å². The molecule has 3 aliphatic rings. The van der Waals surface area contributed by atoms with Crippen molar-refractivity contribution in [2.24, 2.45) is 11.8 Å². The van der Waals surface area contributed by atoms with Gasteiger partial charge in [-0.3, -0.25) is 0 Å². The minimum atomic E-state index is 0.372. The maximum absolute atomic E-state index is 4.38. The van der Waals surface area contributed by atoms with E-state index in [9.17, 15) is 0 Å². The number of benzene rings is 2. The van der Waals surface area contributed by atoms with Crippen LogP contribution in [0.4, 0.5) is 0 Å².